The van der Waals surface area contributed by atoms with E-state index >= 15 is 0 Å². The first-order chi connectivity index (χ1) is 9.49. The molecule has 1 amide bonds. The van der Waals surface area contributed by atoms with E-state index in [4.69, 9.17) is 17.3 Å². The summed E-state index contributed by atoms with van der Waals surface area (Å²) in [5.41, 5.74) is 6.46. The zero-order valence-electron chi connectivity index (χ0n) is 11.3. The summed E-state index contributed by atoms with van der Waals surface area (Å²) in [5, 5.41) is 5.25. The predicted octanol–water partition coefficient (Wildman–Crippen LogP) is 3.51. The van der Waals surface area contributed by atoms with Crippen LogP contribution in [0.25, 0.3) is 0 Å². The van der Waals surface area contributed by atoms with Gasteiger partial charge in [0, 0.05) is 4.88 Å². The van der Waals surface area contributed by atoms with Crippen molar-refractivity contribution in [2.45, 2.75) is 19.9 Å². The summed E-state index contributed by atoms with van der Waals surface area (Å²) in [6.07, 6.45) is 1.40. The summed E-state index contributed by atoms with van der Waals surface area (Å²) < 4.78 is 0. The van der Waals surface area contributed by atoms with Gasteiger partial charge >= 0.3 is 0 Å². The molecule has 2 heterocycles. The Bertz CT molecular complexity index is 598. The van der Waals surface area contributed by atoms with Crippen molar-refractivity contribution in [3.8, 4) is 0 Å². The van der Waals surface area contributed by atoms with Crippen molar-refractivity contribution in [3.05, 3.63) is 45.4 Å². The van der Waals surface area contributed by atoms with Crippen LogP contribution < -0.4 is 11.1 Å². The van der Waals surface area contributed by atoms with Gasteiger partial charge in [0.1, 0.15) is 5.15 Å². The molecule has 1 unspecified atom stereocenters. The largest absolute Gasteiger partial charge is 0.397 e. The molecule has 0 aliphatic carbocycles. The van der Waals surface area contributed by atoms with Gasteiger partial charge in [-0.25, -0.2) is 4.98 Å². The summed E-state index contributed by atoms with van der Waals surface area (Å²) in [6, 6.07) is 5.42. The molecule has 20 heavy (non-hydrogen) atoms. The van der Waals surface area contributed by atoms with Crippen molar-refractivity contribution in [3.63, 3.8) is 0 Å². The van der Waals surface area contributed by atoms with Gasteiger partial charge in [0.25, 0.3) is 5.91 Å². The molecule has 2 rings (SSSR count). The zero-order valence-corrected chi connectivity index (χ0v) is 12.8. The van der Waals surface area contributed by atoms with Gasteiger partial charge in [0.2, 0.25) is 0 Å². The van der Waals surface area contributed by atoms with Crippen LogP contribution in [0.5, 0.6) is 0 Å². The number of rotatable bonds is 4. The minimum Gasteiger partial charge on any atom is -0.397 e. The van der Waals surface area contributed by atoms with Gasteiger partial charge in [-0.3, -0.25) is 4.79 Å². The van der Waals surface area contributed by atoms with Crippen LogP contribution in [0.4, 0.5) is 5.69 Å². The highest BCUT2D eigenvalue weighted by atomic mass is 35.5. The number of nitrogen functional groups attached to an aromatic ring is 1. The number of carbonyl (C=O) groups is 1. The van der Waals surface area contributed by atoms with E-state index in [1.54, 1.807) is 11.3 Å². The number of hydrogen-bond acceptors (Lipinski definition) is 4. The van der Waals surface area contributed by atoms with Crippen LogP contribution >= 0.6 is 22.9 Å². The molecule has 0 spiro atoms. The fraction of sp³-hybridized carbons (Fsp3) is 0.286. The summed E-state index contributed by atoms with van der Waals surface area (Å²) in [7, 11) is 0. The molecule has 0 aliphatic heterocycles. The van der Waals surface area contributed by atoms with Crippen molar-refractivity contribution >= 4 is 34.5 Å². The van der Waals surface area contributed by atoms with Crippen molar-refractivity contribution in [1.82, 2.24) is 10.3 Å². The van der Waals surface area contributed by atoms with Gasteiger partial charge < -0.3 is 11.1 Å². The third-order valence-electron chi connectivity index (χ3n) is 2.95. The molecule has 3 N–H and O–H groups in total. The lowest BCUT2D eigenvalue weighted by Gasteiger charge is -2.21. The minimum atomic E-state index is -0.237. The van der Waals surface area contributed by atoms with E-state index in [2.05, 4.69) is 24.1 Å². The third kappa shape index (κ3) is 3.29. The molecule has 4 nitrogen and oxygen atoms in total. The molecule has 0 saturated heterocycles. The SMILES string of the molecule is CC(C)C(NC(=O)c1cc(Cl)ncc1N)c1cccs1. The maximum atomic E-state index is 12.4. The summed E-state index contributed by atoms with van der Waals surface area (Å²) in [5.74, 6) is 0.0371. The number of aromatic nitrogens is 1. The summed E-state index contributed by atoms with van der Waals surface area (Å²) >= 11 is 7.43. The number of anilines is 1. The van der Waals surface area contributed by atoms with Crippen LogP contribution in [0.15, 0.2) is 29.8 Å². The molecule has 0 aliphatic rings. The second-order valence-corrected chi connectivity index (χ2v) is 6.17. The number of carbonyl (C=O) groups excluding carboxylic acids is 1. The van der Waals surface area contributed by atoms with E-state index in [0.29, 0.717) is 11.3 Å². The number of amides is 1. The lowest BCUT2D eigenvalue weighted by atomic mass is 10.0. The Kier molecular flexibility index (Phi) is 4.62. The smallest absolute Gasteiger partial charge is 0.254 e. The first-order valence-corrected chi connectivity index (χ1v) is 7.50. The molecule has 0 radical (unpaired) electrons. The van der Waals surface area contributed by atoms with E-state index in [1.165, 1.54) is 12.3 Å². The first kappa shape index (κ1) is 14.8. The van der Waals surface area contributed by atoms with Crippen LogP contribution in [-0.2, 0) is 0 Å². The second kappa shape index (κ2) is 6.24. The monoisotopic (exact) mass is 309 g/mol. The molecule has 106 valence electrons. The highest BCUT2D eigenvalue weighted by molar-refractivity contribution is 7.10. The normalized spacial score (nSPS) is 12.4. The van der Waals surface area contributed by atoms with E-state index in [-0.39, 0.29) is 23.0 Å². The van der Waals surface area contributed by atoms with Gasteiger partial charge in [0.15, 0.2) is 0 Å². The first-order valence-electron chi connectivity index (χ1n) is 6.24. The van der Waals surface area contributed by atoms with Crippen molar-refractivity contribution in [1.29, 1.82) is 0 Å². The summed E-state index contributed by atoms with van der Waals surface area (Å²) in [4.78, 5) is 17.3. The van der Waals surface area contributed by atoms with Crippen molar-refractivity contribution < 1.29 is 4.79 Å². The van der Waals surface area contributed by atoms with Gasteiger partial charge in [-0.05, 0) is 23.4 Å². The van der Waals surface area contributed by atoms with Crippen molar-refractivity contribution in [2.75, 3.05) is 5.73 Å². The highest BCUT2D eigenvalue weighted by Crippen LogP contribution is 2.26. The average molecular weight is 310 g/mol. The molecule has 1 atom stereocenters. The molecule has 0 aromatic carbocycles. The Balaban J connectivity index is 2.23. The Hall–Kier alpha value is -1.59. The molecule has 6 heteroatoms. The Morgan fingerprint density at radius 1 is 1.50 bits per heavy atom. The van der Waals surface area contributed by atoms with Crippen molar-refractivity contribution in [2.24, 2.45) is 5.92 Å². The fourth-order valence-electron chi connectivity index (χ4n) is 1.89. The van der Waals surface area contributed by atoms with Gasteiger partial charge in [0.05, 0.1) is 23.5 Å². The number of pyridine rings is 1. The lowest BCUT2D eigenvalue weighted by molar-refractivity contribution is 0.0927. The molecule has 2 aromatic rings. The standard InChI is InChI=1S/C14H16ClN3OS/c1-8(2)13(11-4-3-5-20-11)18-14(19)9-6-12(15)17-7-10(9)16/h3-8,13H,16H2,1-2H3,(H,18,19). The quantitative estimate of drug-likeness (QED) is 0.849. The number of nitrogens with zero attached hydrogens (tertiary/aromatic N) is 1. The number of nitrogens with one attached hydrogen (secondary N) is 1. The maximum Gasteiger partial charge on any atom is 0.254 e. The third-order valence-corrected chi connectivity index (χ3v) is 4.11. The number of hydrogen-bond donors (Lipinski definition) is 2. The topological polar surface area (TPSA) is 68.0 Å². The van der Waals surface area contributed by atoms with E-state index < -0.39 is 0 Å². The van der Waals surface area contributed by atoms with Gasteiger partial charge in [-0.15, -0.1) is 11.3 Å². The van der Waals surface area contributed by atoms with E-state index in [1.807, 2.05) is 17.5 Å². The Morgan fingerprint density at radius 3 is 2.85 bits per heavy atom. The fourth-order valence-corrected chi connectivity index (χ4v) is 3.00. The lowest BCUT2D eigenvalue weighted by Crippen LogP contribution is -2.31. The minimum absolute atomic E-state index is 0.0474. The molecular weight excluding hydrogens is 294 g/mol. The Morgan fingerprint density at radius 2 is 2.25 bits per heavy atom. The summed E-state index contributed by atoms with van der Waals surface area (Å²) in [6.45, 7) is 4.13. The van der Waals surface area contributed by atoms with Crippen LogP contribution in [0.2, 0.25) is 5.15 Å². The molecular formula is C14H16ClN3OS. The molecule has 2 aromatic heterocycles. The van der Waals surface area contributed by atoms with Crippen LogP contribution in [0, 0.1) is 5.92 Å². The van der Waals surface area contributed by atoms with Crippen LogP contribution in [-0.4, -0.2) is 10.9 Å². The molecule has 0 bridgehead atoms. The van der Waals surface area contributed by atoms with Gasteiger partial charge in [-0.1, -0.05) is 31.5 Å². The molecule has 0 saturated carbocycles. The molecule has 0 fully saturated rings. The number of nitrogens with two attached hydrogens (primary N) is 1. The van der Waals surface area contributed by atoms with Gasteiger partial charge in [-0.2, -0.15) is 0 Å². The Labute approximate surface area is 127 Å². The predicted molar refractivity (Wildman–Crippen MR) is 83.0 cm³/mol. The number of halogens is 1. The highest BCUT2D eigenvalue weighted by Gasteiger charge is 2.21. The maximum absolute atomic E-state index is 12.4. The average Bonchev–Trinajstić information content (AvgIpc) is 2.91. The zero-order chi connectivity index (χ0) is 14.7. The number of thiophene rings is 1. The van der Waals surface area contributed by atoms with Crippen LogP contribution in [0.3, 0.4) is 0 Å². The van der Waals surface area contributed by atoms with E-state index in [0.717, 1.165) is 4.88 Å². The van der Waals surface area contributed by atoms with E-state index in [9.17, 15) is 4.79 Å². The van der Waals surface area contributed by atoms with Crippen LogP contribution in [0.1, 0.15) is 35.1 Å². The second-order valence-electron chi connectivity index (χ2n) is 4.80.